The summed E-state index contributed by atoms with van der Waals surface area (Å²) in [7, 11) is 0. The van der Waals surface area contributed by atoms with Crippen LogP contribution in [0.25, 0.3) is 0 Å². The number of nitrogens with one attached hydrogen (secondary N) is 2. The van der Waals surface area contributed by atoms with E-state index >= 15 is 0 Å². The zero-order chi connectivity index (χ0) is 18.9. The van der Waals surface area contributed by atoms with Crippen molar-refractivity contribution in [3.8, 4) is 0 Å². The average molecular weight is 534 g/mol. The van der Waals surface area contributed by atoms with Crippen molar-refractivity contribution in [3.05, 3.63) is 31.7 Å². The number of fused-ring (bicyclic) bond motifs is 1. The van der Waals surface area contributed by atoms with Crippen molar-refractivity contribution in [1.29, 1.82) is 0 Å². The maximum Gasteiger partial charge on any atom is 0.191 e. The second-order valence-corrected chi connectivity index (χ2v) is 9.17. The molecule has 1 aliphatic rings. The molecule has 3 rings (SSSR count). The summed E-state index contributed by atoms with van der Waals surface area (Å²) < 4.78 is 0. The topological polar surface area (TPSA) is 62.2 Å². The molecule has 0 saturated heterocycles. The Morgan fingerprint density at radius 3 is 2.71 bits per heavy atom. The Kier molecular flexibility index (Phi) is 10.7. The lowest BCUT2D eigenvalue weighted by molar-refractivity contribution is 0.679. The minimum absolute atomic E-state index is 0. The minimum atomic E-state index is 0. The molecule has 0 amide bonds. The van der Waals surface area contributed by atoms with Crippen molar-refractivity contribution < 1.29 is 0 Å². The van der Waals surface area contributed by atoms with Crippen molar-refractivity contribution >= 4 is 52.6 Å². The van der Waals surface area contributed by atoms with Gasteiger partial charge in [0.1, 0.15) is 0 Å². The molecule has 156 valence electrons. The van der Waals surface area contributed by atoms with Crippen LogP contribution in [0.4, 0.5) is 0 Å². The van der Waals surface area contributed by atoms with Gasteiger partial charge >= 0.3 is 0 Å². The lowest BCUT2D eigenvalue weighted by Gasteiger charge is -2.10. The monoisotopic (exact) mass is 533 g/mol. The summed E-state index contributed by atoms with van der Waals surface area (Å²) in [6, 6.07) is 0. The van der Waals surface area contributed by atoms with Gasteiger partial charge in [-0.05, 0) is 45.4 Å². The van der Waals surface area contributed by atoms with Crippen LogP contribution in [0.5, 0.6) is 0 Å². The highest BCUT2D eigenvalue weighted by Gasteiger charge is 2.14. The predicted molar refractivity (Wildman–Crippen MR) is 132 cm³/mol. The molecular weight excluding hydrogens is 501 g/mol. The Morgan fingerprint density at radius 1 is 1.11 bits per heavy atom. The van der Waals surface area contributed by atoms with Crippen molar-refractivity contribution in [1.82, 2.24) is 20.6 Å². The second kappa shape index (κ2) is 12.7. The van der Waals surface area contributed by atoms with Gasteiger partial charge in [-0.15, -0.1) is 46.7 Å². The highest BCUT2D eigenvalue weighted by Crippen LogP contribution is 2.27. The van der Waals surface area contributed by atoms with Gasteiger partial charge in [-0.2, -0.15) is 0 Å². The first-order chi connectivity index (χ1) is 13.3. The number of hydrogen-bond donors (Lipinski definition) is 2. The number of aliphatic imine (C=N–C) groups is 1. The molecule has 2 heterocycles. The van der Waals surface area contributed by atoms with Crippen molar-refractivity contribution in [2.45, 2.75) is 65.2 Å². The van der Waals surface area contributed by atoms with Crippen LogP contribution in [0.2, 0.25) is 0 Å². The molecule has 0 spiro atoms. The SMILES string of the molecule is CCNC(=NCCCc1nc2c(s1)CCCC2)NCCc1ncc(CC)s1.I. The van der Waals surface area contributed by atoms with E-state index in [0.717, 1.165) is 51.3 Å². The summed E-state index contributed by atoms with van der Waals surface area (Å²) in [5.41, 5.74) is 1.37. The fraction of sp³-hybridized carbons (Fsp3) is 0.650. The van der Waals surface area contributed by atoms with Gasteiger partial charge in [0, 0.05) is 48.4 Å². The van der Waals surface area contributed by atoms with Gasteiger partial charge < -0.3 is 10.6 Å². The van der Waals surface area contributed by atoms with E-state index in [0.29, 0.717) is 0 Å². The van der Waals surface area contributed by atoms with E-state index < -0.39 is 0 Å². The maximum absolute atomic E-state index is 4.83. The first-order valence-corrected chi connectivity index (χ1v) is 11.8. The number of hydrogen-bond acceptors (Lipinski definition) is 5. The van der Waals surface area contributed by atoms with E-state index in [-0.39, 0.29) is 24.0 Å². The highest BCUT2D eigenvalue weighted by atomic mass is 127. The molecule has 0 saturated carbocycles. The number of halogens is 1. The van der Waals surface area contributed by atoms with Crippen LogP contribution in [0.3, 0.4) is 0 Å². The van der Waals surface area contributed by atoms with E-state index in [9.17, 15) is 0 Å². The number of nitrogens with zero attached hydrogens (tertiary/aromatic N) is 3. The zero-order valence-corrected chi connectivity index (χ0v) is 20.9. The van der Waals surface area contributed by atoms with Crippen LogP contribution in [-0.2, 0) is 32.1 Å². The molecule has 0 atom stereocenters. The Bertz CT molecular complexity index is 717. The highest BCUT2D eigenvalue weighted by molar-refractivity contribution is 14.0. The third kappa shape index (κ3) is 7.26. The normalized spacial score (nSPS) is 13.7. The van der Waals surface area contributed by atoms with Gasteiger partial charge in [-0.25, -0.2) is 9.97 Å². The zero-order valence-electron chi connectivity index (χ0n) is 16.9. The average Bonchev–Trinajstić information content (AvgIpc) is 3.31. The summed E-state index contributed by atoms with van der Waals surface area (Å²) in [5, 5.41) is 9.25. The van der Waals surface area contributed by atoms with E-state index in [2.05, 4.69) is 29.5 Å². The summed E-state index contributed by atoms with van der Waals surface area (Å²) in [4.78, 5) is 16.9. The molecule has 2 N–H and O–H groups in total. The van der Waals surface area contributed by atoms with Crippen LogP contribution < -0.4 is 10.6 Å². The lowest BCUT2D eigenvalue weighted by atomic mass is 10.0. The van der Waals surface area contributed by atoms with Crippen LogP contribution in [0.1, 0.15) is 58.6 Å². The second-order valence-electron chi connectivity index (χ2n) is 6.80. The Balaban J connectivity index is 0.00000280. The molecule has 1 aliphatic carbocycles. The molecular formula is C20H32IN5S2. The standard InChI is InChI=1S/C20H31N5S2.HI/c1-3-15-14-24-18(26-15)11-13-23-20(21-4-2)22-12-7-10-19-25-16-8-5-6-9-17(16)27-19;/h14H,3-13H2,1-2H3,(H2,21,22,23);1H. The van der Waals surface area contributed by atoms with Gasteiger partial charge in [0.15, 0.2) is 5.96 Å². The van der Waals surface area contributed by atoms with Crippen LogP contribution in [-0.4, -0.2) is 35.6 Å². The summed E-state index contributed by atoms with van der Waals surface area (Å²) in [6.45, 7) is 6.85. The third-order valence-electron chi connectivity index (χ3n) is 4.63. The number of aromatic nitrogens is 2. The molecule has 0 aliphatic heterocycles. The van der Waals surface area contributed by atoms with E-state index in [1.807, 2.05) is 28.9 Å². The summed E-state index contributed by atoms with van der Waals surface area (Å²) >= 11 is 3.73. The largest absolute Gasteiger partial charge is 0.357 e. The molecule has 28 heavy (non-hydrogen) atoms. The molecule has 2 aromatic heterocycles. The number of guanidine groups is 1. The fourth-order valence-corrected chi connectivity index (χ4v) is 5.25. The summed E-state index contributed by atoms with van der Waals surface area (Å²) in [5.74, 6) is 0.906. The van der Waals surface area contributed by atoms with Gasteiger partial charge in [-0.3, -0.25) is 4.99 Å². The first-order valence-electron chi connectivity index (χ1n) is 10.2. The van der Waals surface area contributed by atoms with Crippen LogP contribution in [0.15, 0.2) is 11.2 Å². The molecule has 2 aromatic rings. The Hall–Kier alpha value is -0.740. The molecule has 0 fully saturated rings. The number of thiazole rings is 2. The van der Waals surface area contributed by atoms with Crippen molar-refractivity contribution in [2.75, 3.05) is 19.6 Å². The molecule has 8 heteroatoms. The summed E-state index contributed by atoms with van der Waals surface area (Å²) in [6.07, 6.45) is 11.1. The minimum Gasteiger partial charge on any atom is -0.357 e. The van der Waals surface area contributed by atoms with Gasteiger partial charge in [-0.1, -0.05) is 6.92 Å². The Morgan fingerprint density at radius 2 is 1.96 bits per heavy atom. The van der Waals surface area contributed by atoms with E-state index in [1.165, 1.54) is 51.1 Å². The molecule has 0 unspecified atom stereocenters. The quantitative estimate of drug-likeness (QED) is 0.217. The van der Waals surface area contributed by atoms with E-state index in [4.69, 9.17) is 9.98 Å². The van der Waals surface area contributed by atoms with Crippen LogP contribution in [0, 0.1) is 0 Å². The predicted octanol–water partition coefficient (Wildman–Crippen LogP) is 4.39. The van der Waals surface area contributed by atoms with Gasteiger partial charge in [0.2, 0.25) is 0 Å². The lowest BCUT2D eigenvalue weighted by Crippen LogP contribution is -2.38. The molecule has 5 nitrogen and oxygen atoms in total. The Labute approximate surface area is 193 Å². The molecule has 0 bridgehead atoms. The van der Waals surface area contributed by atoms with E-state index in [1.54, 1.807) is 0 Å². The molecule has 0 radical (unpaired) electrons. The van der Waals surface area contributed by atoms with Crippen LogP contribution >= 0.6 is 46.7 Å². The first kappa shape index (κ1) is 23.5. The van der Waals surface area contributed by atoms with Gasteiger partial charge in [0.25, 0.3) is 0 Å². The van der Waals surface area contributed by atoms with Crippen molar-refractivity contribution in [2.24, 2.45) is 4.99 Å². The molecule has 0 aromatic carbocycles. The smallest absolute Gasteiger partial charge is 0.191 e. The fourth-order valence-electron chi connectivity index (χ4n) is 3.19. The van der Waals surface area contributed by atoms with Crippen molar-refractivity contribution in [3.63, 3.8) is 0 Å². The maximum atomic E-state index is 4.83. The number of rotatable bonds is 9. The van der Waals surface area contributed by atoms with Gasteiger partial charge in [0.05, 0.1) is 15.7 Å². The number of aryl methyl sites for hydroxylation is 4. The third-order valence-corrected chi connectivity index (χ3v) is 7.05.